The van der Waals surface area contributed by atoms with Crippen molar-refractivity contribution in [3.63, 3.8) is 0 Å². The van der Waals surface area contributed by atoms with Crippen molar-refractivity contribution >= 4 is 5.91 Å². The molecule has 0 spiro atoms. The van der Waals surface area contributed by atoms with Crippen molar-refractivity contribution in [2.45, 2.75) is 44.1 Å². The maximum atomic E-state index is 13.2. The summed E-state index contributed by atoms with van der Waals surface area (Å²) in [5.74, 6) is -0.158. The Balaban J connectivity index is 1.63. The van der Waals surface area contributed by atoms with Crippen molar-refractivity contribution in [2.75, 3.05) is 6.54 Å². The molecule has 0 radical (unpaired) electrons. The number of hydrogen-bond donors (Lipinski definition) is 0. The largest absolute Gasteiger partial charge is 0.333 e. The lowest BCUT2D eigenvalue weighted by Gasteiger charge is -2.28. The fourth-order valence-electron chi connectivity index (χ4n) is 3.63. The number of carbonyl (C=O) groups excluding carboxylic acids is 1. The van der Waals surface area contributed by atoms with Crippen LogP contribution in [0.5, 0.6) is 0 Å². The Morgan fingerprint density at radius 2 is 2.04 bits per heavy atom. The number of benzene rings is 1. The van der Waals surface area contributed by atoms with Gasteiger partial charge < -0.3 is 4.90 Å². The average Bonchev–Trinajstić information content (AvgIpc) is 3.02. The molecule has 1 atom stereocenters. The van der Waals surface area contributed by atoms with Crippen molar-refractivity contribution in [3.8, 4) is 0 Å². The van der Waals surface area contributed by atoms with Gasteiger partial charge in [0.15, 0.2) is 0 Å². The van der Waals surface area contributed by atoms with Crippen LogP contribution in [0.15, 0.2) is 28.9 Å². The molecule has 1 aliphatic heterocycles. The Bertz CT molecular complexity index is 737. The molecule has 0 bridgehead atoms. The molecule has 1 aliphatic carbocycles. The summed E-state index contributed by atoms with van der Waals surface area (Å²) < 4.78 is 18.0. The van der Waals surface area contributed by atoms with E-state index < -0.39 is 5.41 Å². The second-order valence-corrected chi connectivity index (χ2v) is 6.48. The summed E-state index contributed by atoms with van der Waals surface area (Å²) in [6.07, 6.45) is 3.45. The Morgan fingerprint density at radius 3 is 2.65 bits per heavy atom. The second kappa shape index (κ2) is 5.15. The van der Waals surface area contributed by atoms with E-state index >= 15 is 0 Å². The van der Waals surface area contributed by atoms with Gasteiger partial charge in [-0.1, -0.05) is 22.4 Å². The number of halogens is 1. The first kappa shape index (κ1) is 14.4. The molecule has 23 heavy (non-hydrogen) atoms. The summed E-state index contributed by atoms with van der Waals surface area (Å²) in [6.45, 7) is 2.57. The number of carbonyl (C=O) groups is 1. The van der Waals surface area contributed by atoms with E-state index in [9.17, 15) is 9.18 Å². The van der Waals surface area contributed by atoms with Gasteiger partial charge in [0, 0.05) is 6.54 Å². The molecule has 6 heteroatoms. The van der Waals surface area contributed by atoms with E-state index in [0.29, 0.717) is 0 Å². The molecule has 4 rings (SSSR count). The average molecular weight is 315 g/mol. The molecule has 1 aromatic carbocycles. The molecular formula is C17H18FN3O2. The molecule has 1 aromatic heterocycles. The van der Waals surface area contributed by atoms with Gasteiger partial charge >= 0.3 is 0 Å². The standard InChI is InChI=1S/C17H18FN3O2/c1-11-15(20-23-19-11)14-3-2-10-21(14)16(22)17(8-9-17)12-4-6-13(18)7-5-12/h4-7,14H,2-3,8-10H2,1H3. The number of aryl methyl sites for hydroxylation is 1. The Kier molecular flexibility index (Phi) is 3.21. The van der Waals surface area contributed by atoms with Gasteiger partial charge in [0.1, 0.15) is 17.2 Å². The SMILES string of the molecule is Cc1nonc1C1CCCN1C(=O)C1(c2ccc(F)cc2)CC1. The van der Waals surface area contributed by atoms with E-state index in [1.165, 1.54) is 12.1 Å². The van der Waals surface area contributed by atoms with E-state index in [1.54, 1.807) is 12.1 Å². The minimum Gasteiger partial charge on any atom is -0.333 e. The molecule has 2 aliphatic rings. The third-order valence-corrected chi connectivity index (χ3v) is 5.07. The van der Waals surface area contributed by atoms with Gasteiger partial charge in [0.05, 0.1) is 11.5 Å². The zero-order valence-corrected chi connectivity index (χ0v) is 13.0. The maximum Gasteiger partial charge on any atom is 0.233 e. The van der Waals surface area contributed by atoms with Crippen LogP contribution in [0, 0.1) is 12.7 Å². The van der Waals surface area contributed by atoms with E-state index in [0.717, 1.165) is 49.2 Å². The summed E-state index contributed by atoms with van der Waals surface area (Å²) in [7, 11) is 0. The first-order valence-electron chi connectivity index (χ1n) is 7.98. The van der Waals surface area contributed by atoms with Gasteiger partial charge in [-0.05, 0) is 50.3 Å². The van der Waals surface area contributed by atoms with Gasteiger partial charge in [-0.2, -0.15) is 0 Å². The van der Waals surface area contributed by atoms with Crippen LogP contribution in [0.3, 0.4) is 0 Å². The zero-order chi connectivity index (χ0) is 16.0. The van der Waals surface area contributed by atoms with Crippen molar-refractivity contribution in [2.24, 2.45) is 0 Å². The fourth-order valence-corrected chi connectivity index (χ4v) is 3.63. The first-order valence-corrected chi connectivity index (χ1v) is 7.98. The van der Waals surface area contributed by atoms with Crippen molar-refractivity contribution in [1.29, 1.82) is 0 Å². The molecule has 1 unspecified atom stereocenters. The van der Waals surface area contributed by atoms with Crippen molar-refractivity contribution < 1.29 is 13.8 Å². The highest BCUT2D eigenvalue weighted by atomic mass is 19.1. The zero-order valence-electron chi connectivity index (χ0n) is 13.0. The number of rotatable bonds is 3. The summed E-state index contributed by atoms with van der Waals surface area (Å²) in [4.78, 5) is 15.1. The molecular weight excluding hydrogens is 297 g/mol. The second-order valence-electron chi connectivity index (χ2n) is 6.48. The number of amides is 1. The van der Waals surface area contributed by atoms with Gasteiger partial charge in [0.2, 0.25) is 5.91 Å². The van der Waals surface area contributed by atoms with E-state index in [1.807, 2.05) is 11.8 Å². The maximum absolute atomic E-state index is 13.2. The Hall–Kier alpha value is -2.24. The van der Waals surface area contributed by atoms with Gasteiger partial charge in [-0.25, -0.2) is 9.02 Å². The van der Waals surface area contributed by atoms with Gasteiger partial charge in [-0.3, -0.25) is 4.79 Å². The summed E-state index contributed by atoms with van der Waals surface area (Å²) in [5, 5.41) is 7.82. The lowest BCUT2D eigenvalue weighted by atomic mass is 9.93. The normalized spacial score (nSPS) is 22.3. The lowest BCUT2D eigenvalue weighted by Crippen LogP contribution is -2.39. The molecule has 1 saturated heterocycles. The molecule has 1 amide bonds. The minimum atomic E-state index is -0.485. The lowest BCUT2D eigenvalue weighted by molar-refractivity contribution is -0.135. The van der Waals surface area contributed by atoms with Crippen LogP contribution in [0.1, 0.15) is 48.7 Å². The predicted octanol–water partition coefficient (Wildman–Crippen LogP) is 2.91. The van der Waals surface area contributed by atoms with Crippen molar-refractivity contribution in [3.05, 3.63) is 47.0 Å². The molecule has 5 nitrogen and oxygen atoms in total. The molecule has 2 heterocycles. The van der Waals surface area contributed by atoms with E-state index in [2.05, 4.69) is 10.3 Å². The number of aromatic nitrogens is 2. The van der Waals surface area contributed by atoms with Crippen LogP contribution in [-0.4, -0.2) is 27.7 Å². The van der Waals surface area contributed by atoms with Crippen LogP contribution >= 0.6 is 0 Å². The first-order chi connectivity index (χ1) is 11.1. The highest BCUT2D eigenvalue weighted by Crippen LogP contribution is 2.51. The van der Waals surface area contributed by atoms with E-state index in [-0.39, 0.29) is 17.8 Å². The monoisotopic (exact) mass is 315 g/mol. The quantitative estimate of drug-likeness (QED) is 0.874. The third kappa shape index (κ3) is 2.24. The summed E-state index contributed by atoms with van der Waals surface area (Å²) in [5.41, 5.74) is 1.91. The smallest absolute Gasteiger partial charge is 0.233 e. The molecule has 2 fully saturated rings. The minimum absolute atomic E-state index is 0.0633. The highest BCUT2D eigenvalue weighted by molar-refractivity contribution is 5.91. The van der Waals surface area contributed by atoms with E-state index in [4.69, 9.17) is 4.63 Å². The van der Waals surface area contributed by atoms with Crippen molar-refractivity contribution in [1.82, 2.24) is 15.2 Å². The Labute approximate surface area is 133 Å². The van der Waals surface area contributed by atoms with Crippen LogP contribution in [0.25, 0.3) is 0 Å². The highest BCUT2D eigenvalue weighted by Gasteiger charge is 2.54. The summed E-state index contributed by atoms with van der Waals surface area (Å²) >= 11 is 0. The van der Waals surface area contributed by atoms with Gasteiger partial charge in [-0.15, -0.1) is 0 Å². The number of nitrogens with zero attached hydrogens (tertiary/aromatic N) is 3. The van der Waals surface area contributed by atoms with Crippen LogP contribution in [-0.2, 0) is 10.2 Å². The molecule has 2 aromatic rings. The topological polar surface area (TPSA) is 59.2 Å². The van der Waals surface area contributed by atoms with Crippen LogP contribution in [0.2, 0.25) is 0 Å². The molecule has 0 N–H and O–H groups in total. The third-order valence-electron chi connectivity index (χ3n) is 5.07. The predicted molar refractivity (Wildman–Crippen MR) is 80.0 cm³/mol. The van der Waals surface area contributed by atoms with Gasteiger partial charge in [0.25, 0.3) is 0 Å². The molecule has 120 valence electrons. The summed E-state index contributed by atoms with van der Waals surface area (Å²) in [6, 6.07) is 6.25. The Morgan fingerprint density at radius 1 is 1.30 bits per heavy atom. The van der Waals surface area contributed by atoms with Crippen LogP contribution < -0.4 is 0 Å². The number of likely N-dealkylation sites (tertiary alicyclic amines) is 1. The number of hydrogen-bond acceptors (Lipinski definition) is 4. The molecule has 1 saturated carbocycles. The fraction of sp³-hybridized carbons (Fsp3) is 0.471. The van der Waals surface area contributed by atoms with Crippen LogP contribution in [0.4, 0.5) is 4.39 Å².